The van der Waals surface area contributed by atoms with Crippen molar-refractivity contribution in [2.75, 3.05) is 11.5 Å². The largest absolute Gasteiger partial charge is 0.505 e. The van der Waals surface area contributed by atoms with E-state index < -0.39 is 82.9 Å². The molecule has 1 heterocycles. The van der Waals surface area contributed by atoms with Gasteiger partial charge in [-0.1, -0.05) is 0 Å². The van der Waals surface area contributed by atoms with E-state index in [4.69, 9.17) is 11.5 Å². The fourth-order valence-corrected chi connectivity index (χ4v) is 8.38. The number of hydrogen-bond acceptors (Lipinski definition) is 17. The number of nitrogen functional groups attached to an aromatic ring is 2. The van der Waals surface area contributed by atoms with E-state index >= 15 is 0 Å². The Hall–Kier alpha value is -5.65. The zero-order valence-corrected chi connectivity index (χ0v) is 35.2. The predicted octanol–water partition coefficient (Wildman–Crippen LogP) is 5.55. The summed E-state index contributed by atoms with van der Waals surface area (Å²) in [6.07, 6.45) is 0. The molecule has 0 amide bonds. The third-order valence-electron chi connectivity index (χ3n) is 8.60. The van der Waals surface area contributed by atoms with Crippen molar-refractivity contribution in [2.45, 2.75) is 19.6 Å². The second-order valence-electron chi connectivity index (χ2n) is 12.5. The van der Waals surface area contributed by atoms with E-state index in [1.165, 1.54) is 24.3 Å². The van der Waals surface area contributed by atoms with E-state index in [2.05, 4.69) is 30.4 Å². The van der Waals surface area contributed by atoms with Crippen LogP contribution in [0.5, 0.6) is 11.5 Å². The maximum absolute atomic E-state index is 12.3. The first-order valence-corrected chi connectivity index (χ1v) is 21.7. The van der Waals surface area contributed by atoms with Gasteiger partial charge in [0.1, 0.15) is 27.0 Å². The maximum atomic E-state index is 12.3. The van der Waals surface area contributed by atoms with Crippen molar-refractivity contribution in [3.8, 4) is 22.9 Å². The molecule has 0 atom stereocenters. The molecule has 0 saturated heterocycles. The summed E-state index contributed by atoms with van der Waals surface area (Å²) >= 11 is 0. The molecule has 7 aromatic rings. The minimum atomic E-state index is -5.09. The van der Waals surface area contributed by atoms with Crippen LogP contribution in [0.4, 0.5) is 34.1 Å². The number of aromatic amines is 1. The average Bonchev–Trinajstić information content (AvgIpc) is 3.55. The molecule has 27 heteroatoms. The number of phenolic OH excluding ortho intramolecular Hbond substituents is 2. The second kappa shape index (κ2) is 15.4. The van der Waals surface area contributed by atoms with Crippen molar-refractivity contribution in [3.63, 3.8) is 0 Å². The molecule has 22 nitrogen and oxygen atoms in total. The molecule has 0 aliphatic carbocycles. The molecular weight excluding hydrogens is 884 g/mol. The topological polar surface area (TPSA) is 388 Å². The van der Waals surface area contributed by atoms with Crippen LogP contribution in [0.25, 0.3) is 44.0 Å². The van der Waals surface area contributed by atoms with Crippen LogP contribution < -0.4 is 11.5 Å². The summed E-state index contributed by atoms with van der Waals surface area (Å²) in [4.78, 5) is 4.31. The van der Waals surface area contributed by atoms with Crippen LogP contribution in [-0.2, 0) is 40.5 Å². The van der Waals surface area contributed by atoms with Gasteiger partial charge in [-0.25, -0.2) is 4.98 Å². The molecule has 0 aliphatic heterocycles. The summed E-state index contributed by atoms with van der Waals surface area (Å²) < 4.78 is 134. The smallest absolute Gasteiger partial charge is 0.296 e. The molecule has 60 heavy (non-hydrogen) atoms. The van der Waals surface area contributed by atoms with E-state index in [-0.39, 0.29) is 73.9 Å². The van der Waals surface area contributed by atoms with Gasteiger partial charge in [-0.2, -0.15) is 43.9 Å². The Morgan fingerprint density at radius 2 is 0.967 bits per heavy atom. The zero-order chi connectivity index (χ0) is 43.0. The third kappa shape index (κ3) is 8.51. The SMILES string of the molecule is Nc1cc(S(=O)(=O)O)cc2cc(S(=O)(=O)O)c(N=Nc3ccc(-c4nc5cc(N=Nc6c(S(=O)(=O)O)cc7cc(S(=O)(=O)O)cc(N)c7c6O)ccc5[nH]4)cc3)c(O)c12.[Na]. The van der Waals surface area contributed by atoms with E-state index in [0.29, 0.717) is 22.4 Å². The number of H-pyrrole nitrogens is 1. The molecule has 1 aromatic heterocycles. The number of hydrogen-bond donors (Lipinski definition) is 9. The Morgan fingerprint density at radius 1 is 0.533 bits per heavy atom. The molecule has 11 N–H and O–H groups in total. The van der Waals surface area contributed by atoms with Gasteiger partial charge in [-0.3, -0.25) is 18.2 Å². The van der Waals surface area contributed by atoms with Crippen LogP contribution >= 0.6 is 0 Å². The molecule has 0 bridgehead atoms. The molecule has 0 saturated carbocycles. The second-order valence-corrected chi connectivity index (χ2v) is 18.1. The van der Waals surface area contributed by atoms with Crippen molar-refractivity contribution in [1.82, 2.24) is 9.97 Å². The van der Waals surface area contributed by atoms with Crippen molar-refractivity contribution < 1.29 is 62.1 Å². The maximum Gasteiger partial charge on any atom is 0.296 e. The first-order valence-electron chi connectivity index (χ1n) is 15.9. The number of phenols is 2. The van der Waals surface area contributed by atoms with Crippen LogP contribution in [-0.4, -0.2) is 102 Å². The number of anilines is 2. The summed E-state index contributed by atoms with van der Waals surface area (Å²) in [5.74, 6) is -1.39. The summed E-state index contributed by atoms with van der Waals surface area (Å²) in [5, 5.41) is 36.5. The molecule has 0 fully saturated rings. The number of imidazole rings is 1. The number of nitrogens with two attached hydrogens (primary N) is 2. The first kappa shape index (κ1) is 43.9. The molecule has 6 aromatic carbocycles. The Balaban J connectivity index is 0.00000604. The van der Waals surface area contributed by atoms with Gasteiger partial charge in [-0.05, 0) is 89.6 Å². The molecule has 0 aliphatic rings. The number of nitrogens with zero attached hydrogens (tertiary/aromatic N) is 5. The normalized spacial score (nSPS) is 12.9. The number of nitrogens with one attached hydrogen (secondary N) is 1. The number of aromatic nitrogens is 2. The van der Waals surface area contributed by atoms with Gasteiger partial charge >= 0.3 is 0 Å². The summed E-state index contributed by atoms with van der Waals surface area (Å²) in [6.45, 7) is 0. The van der Waals surface area contributed by atoms with Gasteiger partial charge in [0.05, 0.1) is 32.2 Å². The van der Waals surface area contributed by atoms with Crippen molar-refractivity contribution in [1.29, 1.82) is 0 Å². The summed E-state index contributed by atoms with van der Waals surface area (Å²) in [7, 11) is -19.7. The molecule has 0 spiro atoms. The van der Waals surface area contributed by atoms with E-state index in [1.54, 1.807) is 18.2 Å². The van der Waals surface area contributed by atoms with Gasteiger partial charge in [0.25, 0.3) is 40.5 Å². The monoisotopic (exact) mass is 907 g/mol. The minimum absolute atomic E-state index is 0. The molecule has 305 valence electrons. The first-order chi connectivity index (χ1) is 27.4. The van der Waals surface area contributed by atoms with Gasteiger partial charge in [0.15, 0.2) is 11.5 Å². The third-order valence-corrected chi connectivity index (χ3v) is 12.0. The summed E-state index contributed by atoms with van der Waals surface area (Å²) in [5.41, 5.74) is 11.2. The van der Waals surface area contributed by atoms with Crippen LogP contribution in [0, 0.1) is 0 Å². The number of aromatic hydroxyl groups is 2. The number of rotatable bonds is 9. The molecule has 1 radical (unpaired) electrons. The zero-order valence-electron chi connectivity index (χ0n) is 30.0. The van der Waals surface area contributed by atoms with Crippen LogP contribution in [0.2, 0.25) is 0 Å². The van der Waals surface area contributed by atoms with Gasteiger partial charge in [0, 0.05) is 57.3 Å². The van der Waals surface area contributed by atoms with Crippen molar-refractivity contribution in [3.05, 3.63) is 78.9 Å². The van der Waals surface area contributed by atoms with Crippen molar-refractivity contribution in [2.24, 2.45) is 20.5 Å². The van der Waals surface area contributed by atoms with E-state index in [1.807, 2.05) is 0 Å². The number of benzene rings is 6. The molecule has 7 rings (SSSR count). The fraction of sp³-hybridized carbons (Fsp3) is 0. The average molecular weight is 908 g/mol. The molecular formula is C33H24N8NaO14S4. The van der Waals surface area contributed by atoms with E-state index in [9.17, 15) is 62.1 Å². The van der Waals surface area contributed by atoms with Gasteiger partial charge < -0.3 is 26.7 Å². The summed E-state index contributed by atoms with van der Waals surface area (Å²) in [6, 6.07) is 15.4. The van der Waals surface area contributed by atoms with Crippen LogP contribution in [0.3, 0.4) is 0 Å². The number of fused-ring (bicyclic) bond motifs is 3. The Morgan fingerprint density at radius 3 is 1.40 bits per heavy atom. The standard InChI is InChI=1S/C33H24N8O14S4.Na/c34-21-12-19(56(44,45)46)7-15-9-25(58(50,51)52)29(31(42)27(15)21)40-38-17-3-1-14(2-4-17)33-36-23-6-5-18(11-24(23)37-33)39-41-30-26(59(53,54)55)10-16-8-20(57(47,48)49)13-22(35)28(16)32(30)43;/h1-13,42-43H,34-35H2,(H,36,37)(H,44,45,46)(H,47,48,49)(H,50,51,52)(H,53,54,55);. The van der Waals surface area contributed by atoms with Crippen molar-refractivity contribution >= 4 is 137 Å². The predicted molar refractivity (Wildman–Crippen MR) is 215 cm³/mol. The Labute approximate surface area is 359 Å². The van der Waals surface area contributed by atoms with Crippen LogP contribution in [0.1, 0.15) is 0 Å². The molecule has 0 unspecified atom stereocenters. The van der Waals surface area contributed by atoms with Gasteiger partial charge in [0.2, 0.25) is 0 Å². The quantitative estimate of drug-likeness (QED) is 0.0371. The Kier molecular flexibility index (Phi) is 11.3. The van der Waals surface area contributed by atoms with E-state index in [0.717, 1.165) is 36.4 Å². The number of azo groups is 2. The van der Waals surface area contributed by atoms with Gasteiger partial charge in [-0.15, -0.1) is 10.2 Å². The fourth-order valence-electron chi connectivity index (χ4n) is 5.96. The Bertz CT molecular complexity index is 3490. The van der Waals surface area contributed by atoms with Crippen LogP contribution in [0.15, 0.2) is 119 Å². The minimum Gasteiger partial charge on any atom is -0.505 e.